The van der Waals surface area contributed by atoms with Crippen LogP contribution in [0, 0.1) is 12.7 Å². The second-order valence-electron chi connectivity index (χ2n) is 8.73. The lowest BCUT2D eigenvalue weighted by Crippen LogP contribution is -2.44. The number of hydrogen-bond donors (Lipinski definition) is 0. The molecule has 5 rings (SSSR count). The topological polar surface area (TPSA) is 63.0 Å². The van der Waals surface area contributed by atoms with E-state index < -0.39 is 5.54 Å². The molecule has 2 aliphatic rings. The maximum atomic E-state index is 13.6. The molecule has 1 unspecified atom stereocenters. The molecule has 3 aromatic rings. The molecule has 3 heterocycles. The molecule has 34 heavy (non-hydrogen) atoms. The lowest BCUT2D eigenvalue weighted by Gasteiger charge is -2.31. The fourth-order valence-electron chi connectivity index (χ4n) is 4.67. The van der Waals surface area contributed by atoms with E-state index >= 15 is 0 Å². The van der Waals surface area contributed by atoms with E-state index in [2.05, 4.69) is 9.88 Å². The molecule has 1 amide bonds. The van der Waals surface area contributed by atoms with Crippen molar-refractivity contribution in [2.45, 2.75) is 26.3 Å². The van der Waals surface area contributed by atoms with Crippen molar-refractivity contribution in [3.63, 3.8) is 0 Å². The number of imidazole rings is 1. The highest BCUT2D eigenvalue weighted by molar-refractivity contribution is 6.15. The van der Waals surface area contributed by atoms with Crippen molar-refractivity contribution in [1.29, 1.82) is 0 Å². The molecule has 0 saturated carbocycles. The predicted molar refractivity (Wildman–Crippen MR) is 128 cm³/mol. The zero-order valence-electron chi connectivity index (χ0n) is 19.6. The van der Waals surface area contributed by atoms with Crippen LogP contribution in [0.5, 0.6) is 5.75 Å². The number of benzene rings is 2. The molecule has 1 aromatic heterocycles. The Morgan fingerprint density at radius 3 is 2.62 bits per heavy atom. The van der Waals surface area contributed by atoms with Crippen LogP contribution in [0.2, 0.25) is 0 Å². The minimum Gasteiger partial charge on any atom is -0.495 e. The van der Waals surface area contributed by atoms with E-state index in [1.54, 1.807) is 36.5 Å². The van der Waals surface area contributed by atoms with E-state index in [0.29, 0.717) is 30.5 Å². The number of fused-ring (bicyclic) bond motifs is 1. The van der Waals surface area contributed by atoms with Crippen molar-refractivity contribution in [1.82, 2.24) is 19.4 Å². The van der Waals surface area contributed by atoms with Crippen LogP contribution in [-0.4, -0.2) is 51.4 Å². The number of carbonyl (C=O) groups excluding carboxylic acids is 1. The third-order valence-corrected chi connectivity index (χ3v) is 6.46. The average molecular weight is 460 g/mol. The minimum absolute atomic E-state index is 0.175. The van der Waals surface area contributed by atoms with E-state index in [4.69, 9.17) is 9.73 Å². The summed E-state index contributed by atoms with van der Waals surface area (Å²) in [5, 5.41) is 0. The second-order valence-corrected chi connectivity index (χ2v) is 8.73. The Kier molecular flexibility index (Phi) is 5.23. The van der Waals surface area contributed by atoms with Crippen LogP contribution in [-0.2, 0) is 10.3 Å². The van der Waals surface area contributed by atoms with Gasteiger partial charge in [0.2, 0.25) is 5.96 Å². The van der Waals surface area contributed by atoms with E-state index in [0.717, 1.165) is 22.5 Å². The number of carbonyl (C=O) groups is 1. The Morgan fingerprint density at radius 2 is 1.97 bits per heavy atom. The molecular weight excluding hydrogens is 433 g/mol. The third-order valence-electron chi connectivity index (χ3n) is 6.46. The molecule has 0 radical (unpaired) electrons. The molecule has 0 N–H and O–H groups in total. The van der Waals surface area contributed by atoms with Gasteiger partial charge in [-0.3, -0.25) is 9.69 Å². The first-order chi connectivity index (χ1) is 16.3. The summed E-state index contributed by atoms with van der Waals surface area (Å²) in [6, 6.07) is 12.1. The molecule has 2 aromatic carbocycles. The number of nitrogens with zero attached hydrogens (tertiary/aromatic N) is 5. The molecule has 1 atom stereocenters. The van der Waals surface area contributed by atoms with Crippen LogP contribution in [0.25, 0.3) is 11.8 Å². The lowest BCUT2D eigenvalue weighted by atomic mass is 9.91. The summed E-state index contributed by atoms with van der Waals surface area (Å²) in [6.45, 7) is 7.26. The van der Waals surface area contributed by atoms with Gasteiger partial charge in [-0.05, 0) is 62.2 Å². The molecule has 0 bridgehead atoms. The van der Waals surface area contributed by atoms with Gasteiger partial charge >= 0.3 is 0 Å². The van der Waals surface area contributed by atoms with Gasteiger partial charge in [0.05, 0.1) is 30.4 Å². The van der Waals surface area contributed by atoms with E-state index in [9.17, 15) is 9.18 Å². The Hall–Kier alpha value is -3.94. The van der Waals surface area contributed by atoms with Crippen molar-refractivity contribution >= 4 is 17.9 Å². The fourth-order valence-corrected chi connectivity index (χ4v) is 4.67. The Morgan fingerprint density at radius 1 is 1.21 bits per heavy atom. The van der Waals surface area contributed by atoms with Crippen molar-refractivity contribution in [3.8, 4) is 11.4 Å². The van der Waals surface area contributed by atoms with Crippen LogP contribution in [0.3, 0.4) is 0 Å². The quantitative estimate of drug-likeness (QED) is 0.539. The summed E-state index contributed by atoms with van der Waals surface area (Å²) in [4.78, 5) is 26.3. The summed E-state index contributed by atoms with van der Waals surface area (Å²) >= 11 is 0. The van der Waals surface area contributed by atoms with Crippen molar-refractivity contribution < 1.29 is 13.9 Å². The van der Waals surface area contributed by atoms with Crippen LogP contribution < -0.4 is 4.74 Å². The number of rotatable bonds is 5. The number of hydrogen-bond acceptors (Lipinski definition) is 5. The molecule has 7 nitrogen and oxygen atoms in total. The summed E-state index contributed by atoms with van der Waals surface area (Å²) < 4.78 is 21.1. The van der Waals surface area contributed by atoms with Gasteiger partial charge in [-0.15, -0.1) is 0 Å². The number of aliphatic imine (C=N–C) groups is 1. The highest BCUT2D eigenvalue weighted by Gasteiger charge is 2.52. The van der Waals surface area contributed by atoms with Gasteiger partial charge in [-0.2, -0.15) is 0 Å². The fraction of sp³-hybridized carbons (Fsp3) is 0.269. The largest absolute Gasteiger partial charge is 0.495 e. The highest BCUT2D eigenvalue weighted by atomic mass is 19.1. The number of aromatic nitrogens is 2. The Labute approximate surface area is 197 Å². The van der Waals surface area contributed by atoms with Crippen molar-refractivity contribution in [2.24, 2.45) is 4.99 Å². The van der Waals surface area contributed by atoms with Crippen LogP contribution in [0.15, 0.2) is 65.7 Å². The van der Waals surface area contributed by atoms with Gasteiger partial charge in [0.15, 0.2) is 0 Å². The number of methoxy groups -OCH3 is 1. The maximum absolute atomic E-state index is 13.6. The van der Waals surface area contributed by atoms with Gasteiger partial charge in [0.25, 0.3) is 5.91 Å². The monoisotopic (exact) mass is 459 g/mol. The molecule has 174 valence electrons. The summed E-state index contributed by atoms with van der Waals surface area (Å²) in [5.41, 5.74) is 3.15. The summed E-state index contributed by atoms with van der Waals surface area (Å²) in [6.07, 6.45) is 5.44. The summed E-state index contributed by atoms with van der Waals surface area (Å²) in [7, 11) is 1.61. The Balaban J connectivity index is 1.51. The van der Waals surface area contributed by atoms with E-state index in [1.807, 2.05) is 49.7 Å². The van der Waals surface area contributed by atoms with E-state index in [1.165, 1.54) is 12.1 Å². The molecule has 1 fully saturated rings. The zero-order chi connectivity index (χ0) is 24.0. The maximum Gasteiger partial charge on any atom is 0.280 e. The van der Waals surface area contributed by atoms with Crippen molar-refractivity contribution in [3.05, 3.63) is 83.3 Å². The van der Waals surface area contributed by atoms with Crippen LogP contribution >= 0.6 is 0 Å². The van der Waals surface area contributed by atoms with Gasteiger partial charge in [0, 0.05) is 19.3 Å². The smallest absolute Gasteiger partial charge is 0.280 e. The standard InChI is InChI=1S/C26H26FN5O2/c1-5-30-15-26(3,19-7-9-20(27)10-8-19)32-24(33)21(29-25(30)32)12-18-6-11-22(23(13-18)34-4)31-14-17(2)28-16-31/h6-14,16H,5,15H2,1-4H3/b21-12-. The number of ether oxygens (including phenoxy) is 1. The van der Waals surface area contributed by atoms with Gasteiger partial charge in [0.1, 0.15) is 17.3 Å². The zero-order valence-corrected chi connectivity index (χ0v) is 19.6. The second kappa shape index (κ2) is 8.13. The molecule has 0 spiro atoms. The van der Waals surface area contributed by atoms with Gasteiger partial charge < -0.3 is 14.2 Å². The third kappa shape index (κ3) is 3.46. The summed E-state index contributed by atoms with van der Waals surface area (Å²) in [5.74, 6) is 0.814. The van der Waals surface area contributed by atoms with E-state index in [-0.39, 0.29) is 11.7 Å². The van der Waals surface area contributed by atoms with Crippen LogP contribution in [0.1, 0.15) is 30.7 Å². The number of halogens is 1. The predicted octanol–water partition coefficient (Wildman–Crippen LogP) is 4.12. The number of likely N-dealkylation sites (N-methyl/N-ethyl adjacent to an activating group) is 1. The first-order valence-electron chi connectivity index (χ1n) is 11.2. The normalized spacial score (nSPS) is 20.8. The number of guanidine groups is 1. The SMILES string of the molecule is CCN1CC(C)(c2ccc(F)cc2)N2C(=O)/C(=C/c3ccc(-n4cnc(C)c4)c(OC)c3)N=C12. The molecular formula is C26H26FN5O2. The molecule has 8 heteroatoms. The number of amides is 1. The average Bonchev–Trinajstić information content (AvgIpc) is 3.49. The lowest BCUT2D eigenvalue weighted by molar-refractivity contribution is -0.125. The highest BCUT2D eigenvalue weighted by Crippen LogP contribution is 2.40. The minimum atomic E-state index is -0.643. The van der Waals surface area contributed by atoms with Gasteiger partial charge in [-0.1, -0.05) is 18.2 Å². The van der Waals surface area contributed by atoms with Gasteiger partial charge in [-0.25, -0.2) is 14.4 Å². The molecule has 0 aliphatic carbocycles. The first kappa shape index (κ1) is 21.9. The van der Waals surface area contributed by atoms with Crippen molar-refractivity contribution in [2.75, 3.05) is 20.2 Å². The first-order valence-corrected chi connectivity index (χ1v) is 11.2. The number of aryl methyl sites for hydroxylation is 1. The molecule has 1 saturated heterocycles. The Bertz CT molecular complexity index is 1330. The van der Waals surface area contributed by atoms with Crippen LogP contribution in [0.4, 0.5) is 4.39 Å². The molecule has 2 aliphatic heterocycles.